The summed E-state index contributed by atoms with van der Waals surface area (Å²) >= 11 is 7.51. The highest BCUT2D eigenvalue weighted by molar-refractivity contribution is 7.99. The van der Waals surface area contributed by atoms with Crippen LogP contribution in [0.25, 0.3) is 0 Å². The predicted octanol–water partition coefficient (Wildman–Crippen LogP) is 5.11. The SMILES string of the molecule is O=C(CSc1nnc(C2CC2)n1C1CC1)Nc1ccc(Cl)cc1C(=O)c1ccccc1. The number of hydrogen-bond acceptors (Lipinski definition) is 5. The number of rotatable bonds is 8. The largest absolute Gasteiger partial charge is 0.325 e. The zero-order chi connectivity index (χ0) is 21.4. The maximum atomic E-state index is 12.9. The fourth-order valence-corrected chi connectivity index (χ4v) is 4.54. The van der Waals surface area contributed by atoms with Gasteiger partial charge in [0, 0.05) is 28.1 Å². The summed E-state index contributed by atoms with van der Waals surface area (Å²) in [6.45, 7) is 0. The molecule has 6 nitrogen and oxygen atoms in total. The van der Waals surface area contributed by atoms with Crippen molar-refractivity contribution in [2.24, 2.45) is 0 Å². The van der Waals surface area contributed by atoms with E-state index in [0.29, 0.717) is 33.8 Å². The molecular weight excluding hydrogens is 432 g/mol. The molecule has 0 bridgehead atoms. The minimum atomic E-state index is -0.201. The van der Waals surface area contributed by atoms with E-state index in [4.69, 9.17) is 11.6 Å². The van der Waals surface area contributed by atoms with Gasteiger partial charge in [0.2, 0.25) is 5.91 Å². The van der Waals surface area contributed by atoms with Crippen molar-refractivity contribution >= 4 is 40.7 Å². The second kappa shape index (κ2) is 8.48. The highest BCUT2D eigenvalue weighted by Crippen LogP contribution is 2.46. The molecule has 1 aromatic heterocycles. The first-order valence-electron chi connectivity index (χ1n) is 10.4. The third-order valence-corrected chi connectivity index (χ3v) is 6.59. The monoisotopic (exact) mass is 452 g/mol. The third kappa shape index (κ3) is 4.52. The first-order valence-corrected chi connectivity index (χ1v) is 11.7. The summed E-state index contributed by atoms with van der Waals surface area (Å²) in [6.07, 6.45) is 4.64. The highest BCUT2D eigenvalue weighted by atomic mass is 35.5. The fraction of sp³-hybridized carbons (Fsp3) is 0.304. The number of amides is 1. The number of ketones is 1. The van der Waals surface area contributed by atoms with Crippen molar-refractivity contribution in [3.05, 3.63) is 70.5 Å². The Morgan fingerprint density at radius 1 is 1.06 bits per heavy atom. The van der Waals surface area contributed by atoms with Crippen LogP contribution < -0.4 is 5.32 Å². The van der Waals surface area contributed by atoms with Crippen molar-refractivity contribution in [1.82, 2.24) is 14.8 Å². The number of carbonyl (C=O) groups excluding carboxylic acids is 2. The molecule has 0 atom stereocenters. The second-order valence-electron chi connectivity index (χ2n) is 7.94. The molecule has 1 amide bonds. The number of anilines is 1. The van der Waals surface area contributed by atoms with Crippen molar-refractivity contribution in [3.63, 3.8) is 0 Å². The average Bonchev–Trinajstić information content (AvgIpc) is 3.72. The van der Waals surface area contributed by atoms with Crippen molar-refractivity contribution in [3.8, 4) is 0 Å². The Labute approximate surface area is 189 Å². The zero-order valence-corrected chi connectivity index (χ0v) is 18.3. The van der Waals surface area contributed by atoms with Gasteiger partial charge >= 0.3 is 0 Å². The normalized spacial score (nSPS) is 15.6. The summed E-state index contributed by atoms with van der Waals surface area (Å²) in [7, 11) is 0. The van der Waals surface area contributed by atoms with Gasteiger partial charge in [0.15, 0.2) is 10.9 Å². The average molecular weight is 453 g/mol. The van der Waals surface area contributed by atoms with Crippen molar-refractivity contribution in [2.45, 2.75) is 42.8 Å². The maximum absolute atomic E-state index is 12.9. The van der Waals surface area contributed by atoms with Gasteiger partial charge in [-0.15, -0.1) is 10.2 Å². The molecule has 1 N–H and O–H groups in total. The molecule has 0 saturated heterocycles. The lowest BCUT2D eigenvalue weighted by Crippen LogP contribution is -2.17. The second-order valence-corrected chi connectivity index (χ2v) is 9.32. The zero-order valence-electron chi connectivity index (χ0n) is 16.8. The van der Waals surface area contributed by atoms with Crippen molar-refractivity contribution in [2.75, 3.05) is 11.1 Å². The maximum Gasteiger partial charge on any atom is 0.234 e. The lowest BCUT2D eigenvalue weighted by atomic mass is 10.0. The Balaban J connectivity index is 1.30. The number of aromatic nitrogens is 3. The van der Waals surface area contributed by atoms with Crippen LogP contribution in [0.3, 0.4) is 0 Å². The van der Waals surface area contributed by atoms with Gasteiger partial charge in [-0.2, -0.15) is 0 Å². The Bertz CT molecular complexity index is 1140. The third-order valence-electron chi connectivity index (χ3n) is 5.41. The molecule has 5 rings (SSSR count). The first-order chi connectivity index (χ1) is 15.1. The number of benzene rings is 2. The van der Waals surface area contributed by atoms with Crippen LogP contribution in [0.1, 0.15) is 59.4 Å². The van der Waals surface area contributed by atoms with Crippen LogP contribution in [0.2, 0.25) is 5.02 Å². The molecule has 2 fully saturated rings. The highest BCUT2D eigenvalue weighted by Gasteiger charge is 2.36. The van der Waals surface area contributed by atoms with Gasteiger partial charge in [0.05, 0.1) is 11.4 Å². The molecular formula is C23H21ClN4O2S. The van der Waals surface area contributed by atoms with E-state index in [1.807, 2.05) is 6.07 Å². The van der Waals surface area contributed by atoms with Crippen LogP contribution >= 0.6 is 23.4 Å². The lowest BCUT2D eigenvalue weighted by molar-refractivity contribution is -0.113. The summed E-state index contributed by atoms with van der Waals surface area (Å²) in [5.74, 6) is 1.40. The van der Waals surface area contributed by atoms with Gasteiger partial charge in [0.1, 0.15) is 5.82 Å². The van der Waals surface area contributed by atoms with E-state index < -0.39 is 0 Å². The minimum absolute atomic E-state index is 0.186. The smallest absolute Gasteiger partial charge is 0.234 e. The molecule has 31 heavy (non-hydrogen) atoms. The standard InChI is InChI=1S/C23H21ClN4O2S/c24-16-8-11-19(18(12-16)21(30)14-4-2-1-3-5-14)25-20(29)13-31-23-27-26-22(15-6-7-15)28(23)17-9-10-17/h1-5,8,11-12,15,17H,6-7,9-10,13H2,(H,25,29). The van der Waals surface area contributed by atoms with E-state index in [9.17, 15) is 9.59 Å². The van der Waals surface area contributed by atoms with Crippen LogP contribution in [0.4, 0.5) is 5.69 Å². The predicted molar refractivity (Wildman–Crippen MR) is 121 cm³/mol. The van der Waals surface area contributed by atoms with Crippen molar-refractivity contribution < 1.29 is 9.59 Å². The molecule has 2 aliphatic carbocycles. The molecule has 158 valence electrons. The molecule has 2 saturated carbocycles. The molecule has 2 aromatic carbocycles. The Morgan fingerprint density at radius 3 is 2.55 bits per heavy atom. The summed E-state index contributed by atoms with van der Waals surface area (Å²) < 4.78 is 2.22. The Morgan fingerprint density at radius 2 is 1.84 bits per heavy atom. The van der Waals surface area contributed by atoms with Crippen molar-refractivity contribution in [1.29, 1.82) is 0 Å². The van der Waals surface area contributed by atoms with Crippen LogP contribution in [-0.2, 0) is 4.79 Å². The van der Waals surface area contributed by atoms with E-state index in [-0.39, 0.29) is 17.4 Å². The van der Waals surface area contributed by atoms with E-state index >= 15 is 0 Å². The molecule has 0 aliphatic heterocycles. The first kappa shape index (κ1) is 20.3. The van der Waals surface area contributed by atoms with Gasteiger partial charge in [-0.25, -0.2) is 0 Å². The number of thioether (sulfide) groups is 1. The number of carbonyl (C=O) groups is 2. The summed E-state index contributed by atoms with van der Waals surface area (Å²) in [5, 5.41) is 12.8. The minimum Gasteiger partial charge on any atom is -0.325 e. The molecule has 0 spiro atoms. The molecule has 2 aliphatic rings. The van der Waals surface area contributed by atoms with Crippen LogP contribution in [0.15, 0.2) is 53.7 Å². The van der Waals surface area contributed by atoms with E-state index in [1.165, 1.54) is 24.6 Å². The molecule has 0 unspecified atom stereocenters. The van der Waals surface area contributed by atoms with E-state index in [2.05, 4.69) is 20.1 Å². The van der Waals surface area contributed by atoms with Gasteiger partial charge in [-0.3, -0.25) is 9.59 Å². The fourth-order valence-electron chi connectivity index (χ4n) is 3.56. The van der Waals surface area contributed by atoms with Gasteiger partial charge < -0.3 is 9.88 Å². The lowest BCUT2D eigenvalue weighted by Gasteiger charge is -2.12. The number of nitrogens with zero attached hydrogens (tertiary/aromatic N) is 3. The number of hydrogen-bond donors (Lipinski definition) is 1. The topological polar surface area (TPSA) is 76.9 Å². The van der Waals surface area contributed by atoms with Gasteiger partial charge in [-0.1, -0.05) is 53.7 Å². The summed E-state index contributed by atoms with van der Waals surface area (Å²) in [5.41, 5.74) is 1.36. The quantitative estimate of drug-likeness (QED) is 0.380. The van der Waals surface area contributed by atoms with Crippen LogP contribution in [-0.4, -0.2) is 32.2 Å². The Kier molecular flexibility index (Phi) is 5.54. The summed E-state index contributed by atoms with van der Waals surface area (Å²) in [6, 6.07) is 14.3. The number of halogens is 1. The van der Waals surface area contributed by atoms with Gasteiger partial charge in [0.25, 0.3) is 0 Å². The molecule has 0 radical (unpaired) electrons. The summed E-state index contributed by atoms with van der Waals surface area (Å²) in [4.78, 5) is 25.6. The van der Waals surface area contributed by atoms with E-state index in [1.54, 1.807) is 42.5 Å². The molecule has 8 heteroatoms. The van der Waals surface area contributed by atoms with E-state index in [0.717, 1.165) is 23.8 Å². The van der Waals surface area contributed by atoms with Gasteiger partial charge in [-0.05, 0) is 43.9 Å². The molecule has 1 heterocycles. The van der Waals surface area contributed by atoms with Crippen LogP contribution in [0, 0.1) is 0 Å². The molecule has 3 aromatic rings. The van der Waals surface area contributed by atoms with Crippen LogP contribution in [0.5, 0.6) is 0 Å². The Hall–Kier alpha value is -2.64. The number of nitrogens with one attached hydrogen (secondary N) is 1.